The summed E-state index contributed by atoms with van der Waals surface area (Å²) in [7, 11) is 1.86. The normalized spacial score (nSPS) is 10.8. The molecule has 0 rings (SSSR count). The van der Waals surface area contributed by atoms with Crippen molar-refractivity contribution < 1.29 is 4.79 Å². The Morgan fingerprint density at radius 1 is 0.654 bits per heavy atom. The average Bonchev–Trinajstić information content (AvgIpc) is 2.66. The fraction of sp³-hybridized carbons (Fsp3) is 0.875. The Morgan fingerprint density at radius 2 is 0.962 bits per heavy atom. The summed E-state index contributed by atoms with van der Waals surface area (Å²) >= 11 is 0. The monoisotopic (exact) mass is 365 g/mol. The number of rotatable bonds is 20. The van der Waals surface area contributed by atoms with Crippen LogP contribution in [-0.4, -0.2) is 24.4 Å². The van der Waals surface area contributed by atoms with Crippen molar-refractivity contribution in [3.8, 4) is 0 Å². The van der Waals surface area contributed by atoms with Crippen LogP contribution in [0.5, 0.6) is 0 Å². The molecule has 0 aromatic rings. The van der Waals surface area contributed by atoms with Crippen LogP contribution >= 0.6 is 0 Å². The minimum absolute atomic E-state index is 0.0389. The van der Waals surface area contributed by atoms with Crippen molar-refractivity contribution >= 4 is 5.91 Å². The molecule has 0 fully saturated rings. The van der Waals surface area contributed by atoms with Crippen molar-refractivity contribution in [2.45, 2.75) is 122 Å². The Kier molecular flexibility index (Phi) is 19.9. The van der Waals surface area contributed by atoms with E-state index in [0.29, 0.717) is 0 Å². The van der Waals surface area contributed by atoms with Gasteiger partial charge < -0.3 is 4.90 Å². The van der Waals surface area contributed by atoms with Gasteiger partial charge in [-0.3, -0.25) is 4.79 Å². The number of hydrogen-bond acceptors (Lipinski definition) is 1. The van der Waals surface area contributed by atoms with Crippen LogP contribution in [0.3, 0.4) is 0 Å². The fourth-order valence-corrected chi connectivity index (χ4v) is 3.52. The number of carbonyl (C=O) groups is 1. The summed E-state index contributed by atoms with van der Waals surface area (Å²) in [5, 5.41) is 0. The molecular formula is C24H47NO. The fourth-order valence-electron chi connectivity index (χ4n) is 3.52. The highest BCUT2D eigenvalue weighted by molar-refractivity contribution is 5.86. The van der Waals surface area contributed by atoms with Gasteiger partial charge in [-0.25, -0.2) is 0 Å². The van der Waals surface area contributed by atoms with E-state index in [1.54, 1.807) is 4.90 Å². The molecule has 0 aromatic heterocycles. The molecule has 0 unspecified atom stereocenters. The largest absolute Gasteiger partial charge is 0.342 e. The summed E-state index contributed by atoms with van der Waals surface area (Å²) in [6.07, 6.45) is 26.5. The van der Waals surface area contributed by atoms with Gasteiger partial charge in [-0.2, -0.15) is 0 Å². The molecule has 2 heteroatoms. The first-order valence-corrected chi connectivity index (χ1v) is 11.6. The summed E-state index contributed by atoms with van der Waals surface area (Å²) in [6.45, 7) is 6.67. The van der Waals surface area contributed by atoms with E-state index in [2.05, 4.69) is 13.5 Å². The van der Waals surface area contributed by atoms with E-state index < -0.39 is 0 Å². The van der Waals surface area contributed by atoms with Gasteiger partial charge in [0.05, 0.1) is 0 Å². The van der Waals surface area contributed by atoms with Gasteiger partial charge in [0.2, 0.25) is 5.91 Å². The van der Waals surface area contributed by atoms with Gasteiger partial charge in [0.15, 0.2) is 0 Å². The summed E-state index contributed by atoms with van der Waals surface area (Å²) < 4.78 is 0. The van der Waals surface area contributed by atoms with Gasteiger partial charge in [0, 0.05) is 13.6 Å². The molecule has 0 saturated carbocycles. The first-order chi connectivity index (χ1) is 12.7. The van der Waals surface area contributed by atoms with E-state index in [1.807, 2.05) is 7.05 Å². The van der Waals surface area contributed by atoms with Gasteiger partial charge in [-0.15, -0.1) is 0 Å². The molecule has 26 heavy (non-hydrogen) atoms. The number of unbranched alkanes of at least 4 members (excludes halogenated alkanes) is 17. The maximum atomic E-state index is 11.3. The van der Waals surface area contributed by atoms with Gasteiger partial charge in [-0.1, -0.05) is 123 Å². The average molecular weight is 366 g/mol. The maximum absolute atomic E-state index is 11.3. The zero-order valence-electron chi connectivity index (χ0n) is 18.1. The third kappa shape index (κ3) is 18.0. The highest BCUT2D eigenvalue weighted by atomic mass is 16.2. The minimum Gasteiger partial charge on any atom is -0.342 e. The number of amides is 1. The van der Waals surface area contributed by atoms with Gasteiger partial charge >= 0.3 is 0 Å². The lowest BCUT2D eigenvalue weighted by Gasteiger charge is -2.14. The molecule has 2 nitrogen and oxygen atoms in total. The Balaban J connectivity index is 3.09. The molecule has 0 aliphatic rings. The Bertz CT molecular complexity index is 313. The lowest BCUT2D eigenvalue weighted by atomic mass is 10.0. The molecule has 0 aliphatic heterocycles. The van der Waals surface area contributed by atoms with Crippen molar-refractivity contribution in [1.82, 2.24) is 4.90 Å². The van der Waals surface area contributed by atoms with Crippen LogP contribution in [0.2, 0.25) is 0 Å². The molecule has 0 spiro atoms. The Labute approximate surface area is 164 Å². The van der Waals surface area contributed by atoms with Crippen LogP contribution in [0.25, 0.3) is 0 Å². The number of hydrogen-bond donors (Lipinski definition) is 0. The van der Waals surface area contributed by atoms with Gasteiger partial charge in [0.1, 0.15) is 0 Å². The zero-order valence-corrected chi connectivity index (χ0v) is 18.1. The number of carbonyl (C=O) groups excluding carboxylic acids is 1. The molecule has 0 radical (unpaired) electrons. The standard InChI is InChI=1S/C24H47NO/c1-4-6-7-8-9-10-11-12-13-14-15-16-17-18-19-20-21-22-23-25(3)24(26)5-2/h5H,2,4,6-23H2,1,3H3. The van der Waals surface area contributed by atoms with E-state index in [4.69, 9.17) is 0 Å². The SMILES string of the molecule is C=CC(=O)N(C)CCCCCCCCCCCCCCCCCCCC. The third-order valence-corrected chi connectivity index (χ3v) is 5.40. The van der Waals surface area contributed by atoms with Gasteiger partial charge in [-0.05, 0) is 12.5 Å². The second-order valence-corrected chi connectivity index (χ2v) is 7.97. The molecule has 154 valence electrons. The number of likely N-dealkylation sites (N-methyl/N-ethyl adjacent to an activating group) is 1. The van der Waals surface area contributed by atoms with Crippen LogP contribution in [0, 0.1) is 0 Å². The van der Waals surface area contributed by atoms with Crippen LogP contribution in [-0.2, 0) is 4.79 Å². The van der Waals surface area contributed by atoms with E-state index in [-0.39, 0.29) is 5.91 Å². The second kappa shape index (κ2) is 20.5. The first-order valence-electron chi connectivity index (χ1n) is 11.6. The quantitative estimate of drug-likeness (QED) is 0.160. The molecule has 1 amide bonds. The molecule has 0 heterocycles. The molecule has 0 aliphatic carbocycles. The molecule has 0 N–H and O–H groups in total. The first kappa shape index (κ1) is 25.2. The van der Waals surface area contributed by atoms with Crippen molar-refractivity contribution in [2.75, 3.05) is 13.6 Å². The molecule has 0 bridgehead atoms. The Hall–Kier alpha value is -0.790. The molecule has 0 saturated heterocycles. The highest BCUT2D eigenvalue weighted by Crippen LogP contribution is 2.14. The smallest absolute Gasteiger partial charge is 0.245 e. The minimum atomic E-state index is 0.0389. The van der Waals surface area contributed by atoms with Crippen molar-refractivity contribution in [1.29, 1.82) is 0 Å². The lowest BCUT2D eigenvalue weighted by Crippen LogP contribution is -2.25. The van der Waals surface area contributed by atoms with E-state index in [1.165, 1.54) is 115 Å². The molecule has 0 atom stereocenters. The van der Waals surface area contributed by atoms with E-state index >= 15 is 0 Å². The van der Waals surface area contributed by atoms with Crippen LogP contribution in [0.15, 0.2) is 12.7 Å². The maximum Gasteiger partial charge on any atom is 0.245 e. The van der Waals surface area contributed by atoms with Crippen molar-refractivity contribution in [2.24, 2.45) is 0 Å². The predicted octanol–water partition coefficient (Wildman–Crippen LogP) is 7.67. The third-order valence-electron chi connectivity index (χ3n) is 5.40. The summed E-state index contributed by atoms with van der Waals surface area (Å²) in [5.74, 6) is 0.0389. The van der Waals surface area contributed by atoms with Gasteiger partial charge in [0.25, 0.3) is 0 Å². The topological polar surface area (TPSA) is 20.3 Å². The van der Waals surface area contributed by atoms with Crippen molar-refractivity contribution in [3.63, 3.8) is 0 Å². The second-order valence-electron chi connectivity index (χ2n) is 7.97. The predicted molar refractivity (Wildman–Crippen MR) is 117 cm³/mol. The summed E-state index contributed by atoms with van der Waals surface area (Å²) in [4.78, 5) is 13.1. The van der Waals surface area contributed by atoms with Crippen LogP contribution in [0.1, 0.15) is 122 Å². The molecule has 0 aromatic carbocycles. The zero-order chi connectivity index (χ0) is 19.3. The van der Waals surface area contributed by atoms with E-state index in [9.17, 15) is 4.79 Å². The lowest BCUT2D eigenvalue weighted by molar-refractivity contribution is -0.124. The Morgan fingerprint density at radius 3 is 1.27 bits per heavy atom. The van der Waals surface area contributed by atoms with Crippen LogP contribution in [0.4, 0.5) is 0 Å². The van der Waals surface area contributed by atoms with E-state index in [0.717, 1.165) is 13.0 Å². The molecular weight excluding hydrogens is 318 g/mol. The summed E-state index contributed by atoms with van der Waals surface area (Å²) in [6, 6.07) is 0. The summed E-state index contributed by atoms with van der Waals surface area (Å²) in [5.41, 5.74) is 0. The van der Waals surface area contributed by atoms with Crippen molar-refractivity contribution in [3.05, 3.63) is 12.7 Å². The van der Waals surface area contributed by atoms with Crippen LogP contribution < -0.4 is 0 Å². The highest BCUT2D eigenvalue weighted by Gasteiger charge is 2.02. The number of nitrogens with zero attached hydrogens (tertiary/aromatic N) is 1.